The summed E-state index contributed by atoms with van der Waals surface area (Å²) >= 11 is 0. The van der Waals surface area contributed by atoms with Gasteiger partial charge in [-0.2, -0.15) is 5.10 Å². The van der Waals surface area contributed by atoms with E-state index in [-0.39, 0.29) is 0 Å². The molecular weight excluding hydrogens is 184 g/mol. The Labute approximate surface area is 91.6 Å². The van der Waals surface area contributed by atoms with Crippen LogP contribution >= 0.6 is 0 Å². The molecule has 0 aromatic carbocycles. The Bertz CT molecular complexity index is 381. The lowest BCUT2D eigenvalue weighted by Crippen LogP contribution is -2.00. The van der Waals surface area contributed by atoms with Gasteiger partial charge in [-0.05, 0) is 37.1 Å². The zero-order valence-electron chi connectivity index (χ0n) is 9.64. The van der Waals surface area contributed by atoms with Crippen LogP contribution in [-0.4, -0.2) is 10.9 Å². The lowest BCUT2D eigenvalue weighted by atomic mass is 10.1. The summed E-state index contributed by atoms with van der Waals surface area (Å²) in [4.78, 5) is 0. The minimum Gasteiger partial charge on any atom is -0.238 e. The Morgan fingerprint density at radius 2 is 2.13 bits per heavy atom. The molecule has 0 unspecified atom stereocenters. The fourth-order valence-electron chi connectivity index (χ4n) is 1.38. The van der Waals surface area contributed by atoms with Gasteiger partial charge >= 0.3 is 0 Å². The summed E-state index contributed by atoms with van der Waals surface area (Å²) in [6.07, 6.45) is 7.48. The van der Waals surface area contributed by atoms with Gasteiger partial charge in [0.15, 0.2) is 0 Å². The molecule has 2 heteroatoms. The molecule has 0 N–H and O–H groups in total. The first-order chi connectivity index (χ1) is 7.20. The van der Waals surface area contributed by atoms with Crippen LogP contribution < -0.4 is 0 Å². The summed E-state index contributed by atoms with van der Waals surface area (Å²) in [6.45, 7) is 10.1. The van der Waals surface area contributed by atoms with Crippen molar-refractivity contribution in [1.82, 2.24) is 4.68 Å². The SMILES string of the molecule is C=Cc1ccc(C(C)C)n1/N=C\C=C/C. The number of allylic oxidation sites excluding steroid dienone is 2. The smallest absolute Gasteiger partial charge is 0.0643 e. The van der Waals surface area contributed by atoms with Crippen molar-refractivity contribution in [1.29, 1.82) is 0 Å². The highest BCUT2D eigenvalue weighted by Crippen LogP contribution is 2.18. The Morgan fingerprint density at radius 1 is 1.40 bits per heavy atom. The first-order valence-corrected chi connectivity index (χ1v) is 5.20. The van der Waals surface area contributed by atoms with Gasteiger partial charge in [-0.25, -0.2) is 4.68 Å². The maximum Gasteiger partial charge on any atom is 0.0643 e. The fraction of sp³-hybridized carbons (Fsp3) is 0.308. The Morgan fingerprint density at radius 3 is 2.67 bits per heavy atom. The Balaban J connectivity index is 3.10. The molecule has 15 heavy (non-hydrogen) atoms. The van der Waals surface area contributed by atoms with Crippen LogP contribution in [0.4, 0.5) is 0 Å². The van der Waals surface area contributed by atoms with Crippen LogP contribution in [0.5, 0.6) is 0 Å². The van der Waals surface area contributed by atoms with Crippen molar-refractivity contribution in [2.45, 2.75) is 26.7 Å². The van der Waals surface area contributed by atoms with E-state index in [1.807, 2.05) is 35.9 Å². The second kappa shape index (κ2) is 5.35. The number of aromatic nitrogens is 1. The van der Waals surface area contributed by atoms with Gasteiger partial charge < -0.3 is 0 Å². The van der Waals surface area contributed by atoms with E-state index in [0.717, 1.165) is 5.69 Å². The third kappa shape index (κ3) is 2.69. The molecule has 0 atom stereocenters. The Kier molecular flexibility index (Phi) is 4.10. The maximum atomic E-state index is 4.38. The zero-order valence-corrected chi connectivity index (χ0v) is 9.64. The topological polar surface area (TPSA) is 17.3 Å². The number of hydrogen-bond acceptors (Lipinski definition) is 1. The Hall–Kier alpha value is -1.57. The van der Waals surface area contributed by atoms with Crippen molar-refractivity contribution >= 4 is 12.3 Å². The second-order valence-corrected chi connectivity index (χ2v) is 3.64. The van der Waals surface area contributed by atoms with E-state index in [1.165, 1.54) is 5.69 Å². The van der Waals surface area contributed by atoms with Crippen LogP contribution in [0.1, 0.15) is 38.1 Å². The van der Waals surface area contributed by atoms with Crippen LogP contribution in [-0.2, 0) is 0 Å². The van der Waals surface area contributed by atoms with Crippen molar-refractivity contribution in [3.8, 4) is 0 Å². The lowest BCUT2D eigenvalue weighted by molar-refractivity contribution is 0.725. The van der Waals surface area contributed by atoms with Gasteiger partial charge in [-0.3, -0.25) is 0 Å². The van der Waals surface area contributed by atoms with Crippen LogP contribution in [0.2, 0.25) is 0 Å². The molecule has 0 aliphatic rings. The predicted octanol–water partition coefficient (Wildman–Crippen LogP) is 3.66. The third-order valence-corrected chi connectivity index (χ3v) is 2.18. The third-order valence-electron chi connectivity index (χ3n) is 2.18. The standard InChI is InChI=1S/C13H18N2/c1-5-7-10-14-15-12(6-2)8-9-13(15)11(3)4/h5-11H,2H2,1,3-4H3/b7-5-,14-10-. The largest absolute Gasteiger partial charge is 0.238 e. The molecule has 0 saturated carbocycles. The van der Waals surface area contributed by atoms with E-state index in [9.17, 15) is 0 Å². The lowest BCUT2D eigenvalue weighted by Gasteiger charge is -2.07. The molecule has 0 saturated heterocycles. The molecule has 0 radical (unpaired) electrons. The van der Waals surface area contributed by atoms with Crippen LogP contribution in [0.3, 0.4) is 0 Å². The average Bonchev–Trinajstić information content (AvgIpc) is 2.61. The number of hydrogen-bond donors (Lipinski definition) is 0. The first-order valence-electron chi connectivity index (χ1n) is 5.20. The molecule has 0 bridgehead atoms. The number of nitrogens with zero attached hydrogens (tertiary/aromatic N) is 2. The van der Waals surface area contributed by atoms with Crippen molar-refractivity contribution in [2.24, 2.45) is 5.10 Å². The van der Waals surface area contributed by atoms with Gasteiger partial charge in [-0.1, -0.05) is 26.5 Å². The highest BCUT2D eigenvalue weighted by Gasteiger charge is 2.07. The minimum absolute atomic E-state index is 0.460. The van der Waals surface area contributed by atoms with Crippen molar-refractivity contribution in [2.75, 3.05) is 0 Å². The van der Waals surface area contributed by atoms with E-state index < -0.39 is 0 Å². The molecule has 0 aliphatic heterocycles. The quantitative estimate of drug-likeness (QED) is 0.663. The van der Waals surface area contributed by atoms with Crippen molar-refractivity contribution < 1.29 is 0 Å². The van der Waals surface area contributed by atoms with Gasteiger partial charge in [0.1, 0.15) is 0 Å². The first kappa shape index (κ1) is 11.5. The van der Waals surface area contributed by atoms with Gasteiger partial charge in [0.25, 0.3) is 0 Å². The second-order valence-electron chi connectivity index (χ2n) is 3.64. The van der Waals surface area contributed by atoms with Gasteiger partial charge in [0.2, 0.25) is 0 Å². The van der Waals surface area contributed by atoms with Crippen molar-refractivity contribution in [3.63, 3.8) is 0 Å². The number of rotatable bonds is 4. The molecule has 0 spiro atoms. The molecule has 1 heterocycles. The molecule has 1 rings (SSSR count). The van der Waals surface area contributed by atoms with Crippen LogP contribution in [0, 0.1) is 0 Å². The van der Waals surface area contributed by atoms with Crippen LogP contribution in [0.15, 0.2) is 36.0 Å². The molecule has 1 aromatic rings. The molecule has 0 aliphatic carbocycles. The van der Waals surface area contributed by atoms with Gasteiger partial charge in [0, 0.05) is 11.9 Å². The zero-order chi connectivity index (χ0) is 11.3. The monoisotopic (exact) mass is 202 g/mol. The fourth-order valence-corrected chi connectivity index (χ4v) is 1.38. The normalized spacial score (nSPS) is 12.0. The summed E-state index contributed by atoms with van der Waals surface area (Å²) in [5.41, 5.74) is 2.23. The summed E-state index contributed by atoms with van der Waals surface area (Å²) in [7, 11) is 0. The van der Waals surface area contributed by atoms with E-state index in [0.29, 0.717) is 5.92 Å². The molecule has 0 fully saturated rings. The molecule has 1 aromatic heterocycles. The summed E-state index contributed by atoms with van der Waals surface area (Å²) in [6, 6.07) is 4.13. The van der Waals surface area contributed by atoms with E-state index in [2.05, 4.69) is 31.6 Å². The molecule has 80 valence electrons. The summed E-state index contributed by atoms with van der Waals surface area (Å²) in [5, 5.41) is 4.38. The van der Waals surface area contributed by atoms with Crippen molar-refractivity contribution in [3.05, 3.63) is 42.3 Å². The summed E-state index contributed by atoms with van der Waals surface area (Å²) < 4.78 is 1.93. The molecule has 0 amide bonds. The van der Waals surface area contributed by atoms with Gasteiger partial charge in [-0.15, -0.1) is 0 Å². The maximum absolute atomic E-state index is 4.38. The molecular formula is C13H18N2. The van der Waals surface area contributed by atoms with E-state index in [1.54, 1.807) is 6.21 Å². The predicted molar refractivity (Wildman–Crippen MR) is 67.3 cm³/mol. The highest BCUT2D eigenvalue weighted by atomic mass is 15.3. The molecule has 2 nitrogen and oxygen atoms in total. The summed E-state index contributed by atoms with van der Waals surface area (Å²) in [5.74, 6) is 0.460. The highest BCUT2D eigenvalue weighted by molar-refractivity contribution is 5.71. The van der Waals surface area contributed by atoms with Gasteiger partial charge in [0.05, 0.1) is 5.69 Å². The average molecular weight is 202 g/mol. The van der Waals surface area contributed by atoms with E-state index in [4.69, 9.17) is 0 Å². The van der Waals surface area contributed by atoms with Crippen LogP contribution in [0.25, 0.3) is 6.08 Å². The van der Waals surface area contributed by atoms with E-state index >= 15 is 0 Å². The minimum atomic E-state index is 0.460.